The van der Waals surface area contributed by atoms with E-state index in [9.17, 15) is 5.11 Å². The summed E-state index contributed by atoms with van der Waals surface area (Å²) in [6.07, 6.45) is 2.31. The van der Waals surface area contributed by atoms with Crippen molar-refractivity contribution in [1.29, 1.82) is 0 Å². The molecule has 2 atom stereocenters. The van der Waals surface area contributed by atoms with Gasteiger partial charge in [0.05, 0.1) is 6.61 Å². The highest BCUT2D eigenvalue weighted by atomic mass is 16.3. The van der Waals surface area contributed by atoms with Crippen LogP contribution in [0.4, 0.5) is 0 Å². The molecule has 0 fully saturated rings. The van der Waals surface area contributed by atoms with Gasteiger partial charge >= 0.3 is 0 Å². The fraction of sp³-hybridized carbons (Fsp3) is 0.429. The minimum Gasteiger partial charge on any atom is -0.395 e. The van der Waals surface area contributed by atoms with Gasteiger partial charge in [-0.05, 0) is 61.6 Å². The van der Waals surface area contributed by atoms with E-state index in [0.29, 0.717) is 12.0 Å². The van der Waals surface area contributed by atoms with Crippen LogP contribution >= 0.6 is 0 Å². The molecule has 3 rings (SSSR count). The summed E-state index contributed by atoms with van der Waals surface area (Å²) in [7, 11) is 2.12. The fourth-order valence-electron chi connectivity index (χ4n) is 3.87. The van der Waals surface area contributed by atoms with Crippen molar-refractivity contribution in [2.75, 3.05) is 20.2 Å². The molecule has 2 heteroatoms. The minimum atomic E-state index is 0.218. The zero-order valence-electron chi connectivity index (χ0n) is 14.4. The molecule has 0 aliphatic heterocycles. The van der Waals surface area contributed by atoms with Crippen molar-refractivity contribution >= 4 is 0 Å². The topological polar surface area (TPSA) is 23.5 Å². The summed E-state index contributed by atoms with van der Waals surface area (Å²) in [5.74, 6) is 0.490. The van der Waals surface area contributed by atoms with Gasteiger partial charge in [-0.1, -0.05) is 42.5 Å². The second-order valence-electron chi connectivity index (χ2n) is 6.82. The minimum absolute atomic E-state index is 0.218. The third-order valence-corrected chi connectivity index (χ3v) is 5.38. The maximum Gasteiger partial charge on any atom is 0.0558 e. The van der Waals surface area contributed by atoms with Crippen LogP contribution in [0.2, 0.25) is 0 Å². The SMILES string of the molecule is Cc1ccc([C@@H]2CC[C@H](N(C)CCO)c3ccccc32)cc1C. The molecule has 0 spiro atoms. The summed E-state index contributed by atoms with van der Waals surface area (Å²) >= 11 is 0. The van der Waals surface area contributed by atoms with Crippen LogP contribution in [0.15, 0.2) is 42.5 Å². The van der Waals surface area contributed by atoms with E-state index in [1.54, 1.807) is 0 Å². The number of benzene rings is 2. The smallest absolute Gasteiger partial charge is 0.0558 e. The van der Waals surface area contributed by atoms with E-state index in [-0.39, 0.29) is 6.61 Å². The number of aliphatic hydroxyl groups excluding tert-OH is 1. The molecule has 1 aliphatic rings. The maximum atomic E-state index is 9.26. The summed E-state index contributed by atoms with van der Waals surface area (Å²) in [6, 6.07) is 16.2. The van der Waals surface area contributed by atoms with E-state index in [1.807, 2.05) is 0 Å². The van der Waals surface area contributed by atoms with Crippen LogP contribution in [0.5, 0.6) is 0 Å². The van der Waals surface area contributed by atoms with Gasteiger partial charge in [0.1, 0.15) is 0 Å². The molecule has 2 nitrogen and oxygen atoms in total. The normalized spacial score (nSPS) is 20.6. The second kappa shape index (κ2) is 6.86. The average Bonchev–Trinajstić information content (AvgIpc) is 2.56. The van der Waals surface area contributed by atoms with Gasteiger partial charge in [-0.3, -0.25) is 4.90 Å². The van der Waals surface area contributed by atoms with E-state index in [0.717, 1.165) is 13.0 Å². The summed E-state index contributed by atoms with van der Waals surface area (Å²) in [5, 5.41) is 9.26. The van der Waals surface area contributed by atoms with Gasteiger partial charge in [0.2, 0.25) is 0 Å². The Labute approximate surface area is 139 Å². The predicted molar refractivity (Wildman–Crippen MR) is 95.9 cm³/mol. The molecule has 2 aromatic carbocycles. The molecular formula is C21H27NO. The first-order valence-corrected chi connectivity index (χ1v) is 8.59. The number of rotatable bonds is 4. The Bertz CT molecular complexity index is 679. The monoisotopic (exact) mass is 309 g/mol. The Kier molecular flexibility index (Phi) is 4.84. The molecule has 0 radical (unpaired) electrons. The van der Waals surface area contributed by atoms with Crippen LogP contribution in [-0.2, 0) is 0 Å². The highest BCUT2D eigenvalue weighted by Crippen LogP contribution is 2.43. The highest BCUT2D eigenvalue weighted by molar-refractivity contribution is 5.43. The largest absolute Gasteiger partial charge is 0.395 e. The van der Waals surface area contributed by atoms with Crippen molar-refractivity contribution in [1.82, 2.24) is 4.90 Å². The van der Waals surface area contributed by atoms with Gasteiger partial charge in [-0.25, -0.2) is 0 Å². The Balaban J connectivity index is 1.98. The molecule has 0 aromatic heterocycles. The van der Waals surface area contributed by atoms with Crippen LogP contribution in [0.3, 0.4) is 0 Å². The molecule has 1 N–H and O–H groups in total. The number of aliphatic hydroxyl groups is 1. The molecular weight excluding hydrogens is 282 g/mol. The Morgan fingerprint density at radius 3 is 2.43 bits per heavy atom. The van der Waals surface area contributed by atoms with Crippen LogP contribution in [0.25, 0.3) is 0 Å². The predicted octanol–water partition coefficient (Wildman–Crippen LogP) is 4.19. The molecule has 0 heterocycles. The average molecular weight is 309 g/mol. The number of nitrogens with zero attached hydrogens (tertiary/aromatic N) is 1. The number of fused-ring (bicyclic) bond motifs is 1. The molecule has 0 saturated heterocycles. The van der Waals surface area contributed by atoms with Crippen molar-refractivity contribution in [3.63, 3.8) is 0 Å². The third kappa shape index (κ3) is 3.19. The Morgan fingerprint density at radius 1 is 1.00 bits per heavy atom. The second-order valence-corrected chi connectivity index (χ2v) is 6.82. The van der Waals surface area contributed by atoms with Gasteiger partial charge in [0, 0.05) is 18.5 Å². The van der Waals surface area contributed by atoms with Crippen LogP contribution in [-0.4, -0.2) is 30.2 Å². The summed E-state index contributed by atoms with van der Waals surface area (Å²) < 4.78 is 0. The number of likely N-dealkylation sites (N-methyl/N-ethyl adjacent to an activating group) is 1. The zero-order chi connectivity index (χ0) is 16.4. The first-order valence-electron chi connectivity index (χ1n) is 8.59. The molecule has 122 valence electrons. The van der Waals surface area contributed by atoms with E-state index in [2.05, 4.69) is 68.3 Å². The first kappa shape index (κ1) is 16.2. The molecule has 0 saturated carbocycles. The lowest BCUT2D eigenvalue weighted by molar-refractivity contribution is 0.166. The third-order valence-electron chi connectivity index (χ3n) is 5.38. The van der Waals surface area contributed by atoms with E-state index in [1.165, 1.54) is 34.2 Å². The van der Waals surface area contributed by atoms with Gasteiger partial charge in [-0.2, -0.15) is 0 Å². The standard InChI is InChI=1S/C21H27NO/c1-15-8-9-17(14-16(15)2)18-10-11-21(22(3)12-13-23)20-7-5-4-6-19(18)20/h4-9,14,18,21,23H,10-13H2,1-3H3/t18-,21-/m0/s1. The lowest BCUT2D eigenvalue weighted by atomic mass is 9.76. The van der Waals surface area contributed by atoms with Crippen molar-refractivity contribution in [3.05, 3.63) is 70.3 Å². The molecule has 1 aliphatic carbocycles. The summed E-state index contributed by atoms with van der Waals surface area (Å²) in [6.45, 7) is 5.32. The Hall–Kier alpha value is -1.64. The van der Waals surface area contributed by atoms with Crippen molar-refractivity contribution < 1.29 is 5.11 Å². The first-order chi connectivity index (χ1) is 11.1. The van der Waals surface area contributed by atoms with Gasteiger partial charge in [-0.15, -0.1) is 0 Å². The fourth-order valence-corrected chi connectivity index (χ4v) is 3.87. The number of hydrogen-bond donors (Lipinski definition) is 1. The van der Waals surface area contributed by atoms with Crippen LogP contribution in [0, 0.1) is 13.8 Å². The lowest BCUT2D eigenvalue weighted by Gasteiger charge is -2.37. The molecule has 23 heavy (non-hydrogen) atoms. The van der Waals surface area contributed by atoms with Crippen molar-refractivity contribution in [2.45, 2.75) is 38.6 Å². The van der Waals surface area contributed by atoms with Crippen LogP contribution < -0.4 is 0 Å². The molecule has 0 amide bonds. The number of aryl methyl sites for hydroxylation is 2. The van der Waals surface area contributed by atoms with Crippen LogP contribution in [0.1, 0.15) is 52.6 Å². The summed E-state index contributed by atoms with van der Waals surface area (Å²) in [5.41, 5.74) is 7.05. The van der Waals surface area contributed by atoms with E-state index in [4.69, 9.17) is 0 Å². The zero-order valence-corrected chi connectivity index (χ0v) is 14.4. The molecule has 0 bridgehead atoms. The maximum absolute atomic E-state index is 9.26. The quantitative estimate of drug-likeness (QED) is 0.915. The number of hydrogen-bond acceptors (Lipinski definition) is 2. The highest BCUT2D eigenvalue weighted by Gasteiger charge is 2.29. The Morgan fingerprint density at radius 2 is 1.74 bits per heavy atom. The van der Waals surface area contributed by atoms with E-state index < -0.39 is 0 Å². The van der Waals surface area contributed by atoms with E-state index >= 15 is 0 Å². The molecule has 0 unspecified atom stereocenters. The lowest BCUT2D eigenvalue weighted by Crippen LogP contribution is -2.31. The molecule has 2 aromatic rings. The summed E-state index contributed by atoms with van der Waals surface area (Å²) in [4.78, 5) is 2.29. The van der Waals surface area contributed by atoms with Gasteiger partial charge in [0.15, 0.2) is 0 Å². The van der Waals surface area contributed by atoms with Gasteiger partial charge < -0.3 is 5.11 Å². The van der Waals surface area contributed by atoms with Crippen molar-refractivity contribution in [3.8, 4) is 0 Å². The van der Waals surface area contributed by atoms with Crippen molar-refractivity contribution in [2.24, 2.45) is 0 Å². The van der Waals surface area contributed by atoms with Gasteiger partial charge in [0.25, 0.3) is 0 Å².